The van der Waals surface area contributed by atoms with E-state index in [1.165, 1.54) is 0 Å². The van der Waals surface area contributed by atoms with Crippen molar-refractivity contribution in [3.63, 3.8) is 0 Å². The molecule has 1 saturated heterocycles. The largest absolute Gasteiger partial charge is 0.366 e. The number of halogens is 1. The van der Waals surface area contributed by atoms with Gasteiger partial charge in [0.1, 0.15) is 5.82 Å². The van der Waals surface area contributed by atoms with Crippen LogP contribution in [0.5, 0.6) is 0 Å². The molecule has 9 heteroatoms. The van der Waals surface area contributed by atoms with Crippen LogP contribution in [0.15, 0.2) is 36.5 Å². The van der Waals surface area contributed by atoms with E-state index in [1.807, 2.05) is 12.1 Å². The molecule has 148 valence electrons. The molecule has 0 saturated carbocycles. The van der Waals surface area contributed by atoms with E-state index in [9.17, 15) is 4.79 Å². The quantitative estimate of drug-likeness (QED) is 0.583. The first-order chi connectivity index (χ1) is 13.3. The van der Waals surface area contributed by atoms with Crippen molar-refractivity contribution in [3.05, 3.63) is 47.4 Å². The molecular weight excluding hydrogens is 396 g/mol. The van der Waals surface area contributed by atoms with E-state index in [1.54, 1.807) is 24.4 Å². The average Bonchev–Trinajstić information content (AvgIpc) is 2.67. The highest BCUT2D eigenvalue weighted by Gasteiger charge is 2.31. The van der Waals surface area contributed by atoms with Gasteiger partial charge in [0, 0.05) is 37.1 Å². The zero-order chi connectivity index (χ0) is 20.3. The summed E-state index contributed by atoms with van der Waals surface area (Å²) in [5, 5.41) is 4.11. The highest BCUT2D eigenvalue weighted by Crippen LogP contribution is 2.23. The van der Waals surface area contributed by atoms with Crippen molar-refractivity contribution in [2.24, 2.45) is 11.7 Å². The zero-order valence-electron chi connectivity index (χ0n) is 15.8. The Morgan fingerprint density at radius 1 is 1.36 bits per heavy atom. The van der Waals surface area contributed by atoms with Crippen LogP contribution in [0.2, 0.25) is 5.28 Å². The van der Waals surface area contributed by atoms with Gasteiger partial charge in [-0.3, -0.25) is 4.79 Å². The molecule has 2 aromatic rings. The second kappa shape index (κ2) is 8.70. The van der Waals surface area contributed by atoms with Crippen LogP contribution in [0.25, 0.3) is 0 Å². The monoisotopic (exact) mass is 418 g/mol. The van der Waals surface area contributed by atoms with Crippen molar-refractivity contribution in [1.82, 2.24) is 14.9 Å². The van der Waals surface area contributed by atoms with Crippen molar-refractivity contribution < 1.29 is 4.79 Å². The first kappa shape index (κ1) is 20.3. The third-order valence-corrected chi connectivity index (χ3v) is 5.30. The summed E-state index contributed by atoms with van der Waals surface area (Å²) in [7, 11) is 0. The number of nitrogens with one attached hydrogen (secondary N) is 1. The van der Waals surface area contributed by atoms with Gasteiger partial charge < -0.3 is 20.9 Å². The van der Waals surface area contributed by atoms with Crippen LogP contribution >= 0.6 is 23.8 Å². The van der Waals surface area contributed by atoms with E-state index in [2.05, 4.69) is 38.9 Å². The average molecular weight is 419 g/mol. The summed E-state index contributed by atoms with van der Waals surface area (Å²) < 4.78 is 0. The minimum Gasteiger partial charge on any atom is -0.366 e. The molecule has 1 aromatic carbocycles. The van der Waals surface area contributed by atoms with Crippen molar-refractivity contribution >= 4 is 46.3 Å². The van der Waals surface area contributed by atoms with Gasteiger partial charge in [0.2, 0.25) is 11.2 Å². The van der Waals surface area contributed by atoms with Crippen molar-refractivity contribution in [2.75, 3.05) is 29.9 Å². The fourth-order valence-electron chi connectivity index (χ4n) is 3.29. The first-order valence-corrected chi connectivity index (χ1v) is 9.84. The lowest BCUT2D eigenvalue weighted by Gasteiger charge is -2.45. The molecular formula is C19H23ClN6OS. The third kappa shape index (κ3) is 4.69. The Labute approximate surface area is 174 Å². The number of anilines is 2. The van der Waals surface area contributed by atoms with Crippen LogP contribution in [0.3, 0.4) is 0 Å². The Bertz CT molecular complexity index is 877. The first-order valence-electron chi connectivity index (χ1n) is 9.06. The summed E-state index contributed by atoms with van der Waals surface area (Å²) in [5.74, 6) is 0.724. The number of nitrogens with two attached hydrogens (primary N) is 1. The molecule has 0 bridgehead atoms. The molecule has 1 amide bonds. The van der Waals surface area contributed by atoms with Crippen LogP contribution in [-0.4, -0.2) is 51.6 Å². The molecule has 2 heterocycles. The number of amides is 1. The van der Waals surface area contributed by atoms with Gasteiger partial charge in [-0.1, -0.05) is 19.9 Å². The Kier molecular flexibility index (Phi) is 6.31. The Morgan fingerprint density at radius 2 is 2.14 bits per heavy atom. The predicted octanol–water partition coefficient (Wildman–Crippen LogP) is 2.77. The molecule has 28 heavy (non-hydrogen) atoms. The molecule has 0 radical (unpaired) electrons. The second-order valence-electron chi connectivity index (χ2n) is 7.01. The van der Waals surface area contributed by atoms with Gasteiger partial charge >= 0.3 is 0 Å². The number of hydrogen-bond acceptors (Lipinski definition) is 5. The van der Waals surface area contributed by atoms with Crippen molar-refractivity contribution in [2.45, 2.75) is 19.9 Å². The number of hydrogen-bond donors (Lipinski definition) is 2. The standard InChI is InChI=1S/C19H23ClN6OS/c1-12(2)15-11-25(16-6-7-22-18(20)24-16)8-9-26(15)19(28)23-14-5-3-4-13(10-14)17(21)27/h3-7,10,12,15H,8-9,11H2,1-2H3,(H2,21,27)(H,23,28). The smallest absolute Gasteiger partial charge is 0.248 e. The lowest BCUT2D eigenvalue weighted by molar-refractivity contribution is 0.100. The molecule has 1 aliphatic heterocycles. The van der Waals surface area contributed by atoms with E-state index >= 15 is 0 Å². The minimum atomic E-state index is -0.466. The normalized spacial score (nSPS) is 16.9. The summed E-state index contributed by atoms with van der Waals surface area (Å²) >= 11 is 11.6. The highest BCUT2D eigenvalue weighted by atomic mass is 35.5. The fraction of sp³-hybridized carbons (Fsp3) is 0.368. The Hall–Kier alpha value is -2.45. The van der Waals surface area contributed by atoms with Gasteiger partial charge in [0.15, 0.2) is 5.11 Å². The van der Waals surface area contributed by atoms with E-state index in [0.29, 0.717) is 16.6 Å². The lowest BCUT2D eigenvalue weighted by Crippen LogP contribution is -2.58. The Balaban J connectivity index is 1.73. The number of carbonyl (C=O) groups is 1. The van der Waals surface area contributed by atoms with E-state index in [4.69, 9.17) is 29.6 Å². The number of carbonyl (C=O) groups excluding carboxylic acids is 1. The third-order valence-electron chi connectivity index (χ3n) is 4.78. The van der Waals surface area contributed by atoms with Crippen LogP contribution in [0.4, 0.5) is 11.5 Å². The highest BCUT2D eigenvalue weighted by molar-refractivity contribution is 7.80. The van der Waals surface area contributed by atoms with Gasteiger partial charge in [-0.2, -0.15) is 0 Å². The van der Waals surface area contributed by atoms with Crippen molar-refractivity contribution in [3.8, 4) is 0 Å². The van der Waals surface area contributed by atoms with Gasteiger partial charge in [0.25, 0.3) is 0 Å². The van der Waals surface area contributed by atoms with Gasteiger partial charge in [0.05, 0.1) is 6.04 Å². The van der Waals surface area contributed by atoms with Gasteiger partial charge in [-0.05, 0) is 54.0 Å². The summed E-state index contributed by atoms with van der Waals surface area (Å²) in [6.07, 6.45) is 1.67. The topological polar surface area (TPSA) is 87.4 Å². The van der Waals surface area contributed by atoms with E-state index < -0.39 is 5.91 Å². The number of nitrogens with zero attached hydrogens (tertiary/aromatic N) is 4. The summed E-state index contributed by atoms with van der Waals surface area (Å²) in [5.41, 5.74) is 6.55. The number of thiocarbonyl (C=S) groups is 1. The fourth-order valence-corrected chi connectivity index (χ4v) is 3.78. The molecule has 3 N–H and O–H groups in total. The molecule has 1 fully saturated rings. The molecule has 7 nitrogen and oxygen atoms in total. The number of aromatic nitrogens is 2. The predicted molar refractivity (Wildman–Crippen MR) is 116 cm³/mol. The van der Waals surface area contributed by atoms with Crippen LogP contribution in [-0.2, 0) is 0 Å². The molecule has 3 rings (SSSR count). The number of piperazine rings is 1. The van der Waals surface area contributed by atoms with Crippen LogP contribution in [0.1, 0.15) is 24.2 Å². The second-order valence-corrected chi connectivity index (χ2v) is 7.73. The molecule has 1 aliphatic rings. The van der Waals surface area contributed by atoms with E-state index in [-0.39, 0.29) is 11.3 Å². The molecule has 1 atom stereocenters. The zero-order valence-corrected chi connectivity index (χ0v) is 17.4. The van der Waals surface area contributed by atoms with Crippen LogP contribution in [0, 0.1) is 5.92 Å². The number of benzene rings is 1. The van der Waals surface area contributed by atoms with E-state index in [0.717, 1.165) is 31.1 Å². The molecule has 0 spiro atoms. The minimum absolute atomic E-state index is 0.196. The van der Waals surface area contributed by atoms with Gasteiger partial charge in [-0.25, -0.2) is 9.97 Å². The summed E-state index contributed by atoms with van der Waals surface area (Å²) in [4.78, 5) is 24.1. The van der Waals surface area contributed by atoms with Gasteiger partial charge in [-0.15, -0.1) is 0 Å². The lowest BCUT2D eigenvalue weighted by atomic mass is 10.00. The maximum Gasteiger partial charge on any atom is 0.248 e. The maximum absolute atomic E-state index is 11.4. The number of rotatable bonds is 4. The summed E-state index contributed by atoms with van der Waals surface area (Å²) in [6.45, 7) is 6.62. The SMILES string of the molecule is CC(C)C1CN(c2ccnc(Cl)n2)CCN1C(=S)Nc1cccc(C(N)=O)c1. The molecule has 1 aromatic heterocycles. The maximum atomic E-state index is 11.4. The summed E-state index contributed by atoms with van der Waals surface area (Å²) in [6, 6.07) is 9.09. The Morgan fingerprint density at radius 3 is 2.82 bits per heavy atom. The molecule has 0 aliphatic carbocycles. The number of primary amides is 1. The molecule has 1 unspecified atom stereocenters. The van der Waals surface area contributed by atoms with Crippen LogP contribution < -0.4 is 16.0 Å². The van der Waals surface area contributed by atoms with Crippen molar-refractivity contribution in [1.29, 1.82) is 0 Å².